The molecule has 1 rings (SSSR count). The molecule has 0 bridgehead atoms. The van der Waals surface area contributed by atoms with Gasteiger partial charge in [-0.1, -0.05) is 76.4 Å². The van der Waals surface area contributed by atoms with Crippen LogP contribution in [0.1, 0.15) is 122 Å². The highest BCUT2D eigenvalue weighted by atomic mass is 16.5. The number of quaternary nitrogens is 1. The van der Waals surface area contributed by atoms with E-state index in [0.717, 1.165) is 51.2 Å². The van der Waals surface area contributed by atoms with Gasteiger partial charge >= 0.3 is 5.97 Å². The number of hydroxylamine groups is 3. The van der Waals surface area contributed by atoms with Gasteiger partial charge in [-0.15, -0.1) is 4.65 Å². The molecular weight excluding hydrogens is 388 g/mol. The van der Waals surface area contributed by atoms with Crippen molar-refractivity contribution in [3.8, 4) is 0 Å². The van der Waals surface area contributed by atoms with Crippen molar-refractivity contribution in [2.45, 2.75) is 122 Å². The van der Waals surface area contributed by atoms with Gasteiger partial charge < -0.3 is 5.11 Å². The highest BCUT2D eigenvalue weighted by Gasteiger charge is 2.34. The fourth-order valence-electron chi connectivity index (χ4n) is 4.32. The maximum atomic E-state index is 10.4. The fourth-order valence-corrected chi connectivity index (χ4v) is 4.32. The summed E-state index contributed by atoms with van der Waals surface area (Å²) in [5.74, 6) is 0.334. The summed E-state index contributed by atoms with van der Waals surface area (Å²) >= 11 is 0. The lowest BCUT2D eigenvalue weighted by Gasteiger charge is -2.23. The topological polar surface area (TPSA) is 69.9 Å². The number of unbranched alkanes of at least 4 members (excludes halogenated alkanes) is 14. The molecule has 0 saturated heterocycles. The summed E-state index contributed by atoms with van der Waals surface area (Å²) in [7, 11) is 0. The summed E-state index contributed by atoms with van der Waals surface area (Å²) in [4.78, 5) is 14.9. The molecule has 0 spiro atoms. The Morgan fingerprint density at radius 1 is 0.839 bits per heavy atom. The SMILES string of the molecule is CC[N+]1(O)CCN=C1CCCCCCCCC=CCCCCCCCCCCC(=O)O. The molecule has 0 aliphatic carbocycles. The Morgan fingerprint density at radius 2 is 1.32 bits per heavy atom. The van der Waals surface area contributed by atoms with Crippen LogP contribution in [0, 0.1) is 0 Å². The van der Waals surface area contributed by atoms with Crippen molar-refractivity contribution < 1.29 is 19.8 Å². The largest absolute Gasteiger partial charge is 0.481 e. The van der Waals surface area contributed by atoms with E-state index >= 15 is 0 Å². The zero-order valence-electron chi connectivity index (χ0n) is 20.2. The minimum Gasteiger partial charge on any atom is -0.481 e. The molecule has 1 aliphatic rings. The minimum atomic E-state index is -0.666. The van der Waals surface area contributed by atoms with Crippen LogP contribution < -0.4 is 0 Å². The van der Waals surface area contributed by atoms with Gasteiger partial charge in [-0.3, -0.25) is 4.79 Å². The van der Waals surface area contributed by atoms with Gasteiger partial charge in [0.25, 0.3) is 0 Å². The number of hydrogen-bond acceptors (Lipinski definition) is 3. The standard InChI is InChI=1S/C26H48N2O3/c1-2-28(31)24-23-27-25(28)21-19-17-15-13-11-9-7-5-3-4-6-8-10-12-14-16-18-20-22-26(29)30/h3,5,31H,2,4,6-24H2,1H3/p+1. The van der Waals surface area contributed by atoms with Crippen LogP contribution in [0.5, 0.6) is 0 Å². The monoisotopic (exact) mass is 437 g/mol. The van der Waals surface area contributed by atoms with E-state index in [0.29, 0.717) is 6.42 Å². The number of carbonyl (C=O) groups is 1. The summed E-state index contributed by atoms with van der Waals surface area (Å²) in [6, 6.07) is 0. The van der Waals surface area contributed by atoms with Crippen molar-refractivity contribution in [3.63, 3.8) is 0 Å². The number of carboxylic acids is 1. The molecule has 1 heterocycles. The number of allylic oxidation sites excluding steroid dienone is 2. The smallest absolute Gasteiger partial charge is 0.303 e. The molecule has 0 saturated carbocycles. The molecule has 1 unspecified atom stereocenters. The van der Waals surface area contributed by atoms with Gasteiger partial charge in [-0.2, -0.15) is 0 Å². The second-order valence-electron chi connectivity index (χ2n) is 9.15. The van der Waals surface area contributed by atoms with Crippen LogP contribution in [0.3, 0.4) is 0 Å². The molecule has 2 N–H and O–H groups in total. The Hall–Kier alpha value is -1.20. The molecule has 0 aromatic rings. The van der Waals surface area contributed by atoms with E-state index < -0.39 is 5.97 Å². The molecule has 5 heteroatoms. The maximum absolute atomic E-state index is 10.4. The summed E-state index contributed by atoms with van der Waals surface area (Å²) in [6.07, 6.45) is 25.7. The minimum absolute atomic E-state index is 0.0858. The lowest BCUT2D eigenvalue weighted by atomic mass is 10.1. The first-order valence-electron chi connectivity index (χ1n) is 13.1. The van der Waals surface area contributed by atoms with Gasteiger partial charge in [0.05, 0.1) is 6.54 Å². The number of carboxylic acid groups (broad SMARTS) is 1. The van der Waals surface area contributed by atoms with Crippen molar-refractivity contribution in [2.24, 2.45) is 4.99 Å². The Morgan fingerprint density at radius 3 is 1.84 bits per heavy atom. The van der Waals surface area contributed by atoms with Gasteiger partial charge in [0.1, 0.15) is 13.1 Å². The van der Waals surface area contributed by atoms with E-state index in [4.69, 9.17) is 5.11 Å². The molecule has 0 aromatic heterocycles. The first-order valence-corrected chi connectivity index (χ1v) is 13.1. The number of aliphatic carboxylic acids is 1. The summed E-state index contributed by atoms with van der Waals surface area (Å²) in [5, 5.41) is 19.0. The zero-order chi connectivity index (χ0) is 22.6. The Labute approximate surface area is 191 Å². The summed E-state index contributed by atoms with van der Waals surface area (Å²) in [6.45, 7) is 4.32. The second-order valence-corrected chi connectivity index (χ2v) is 9.15. The van der Waals surface area contributed by atoms with E-state index in [-0.39, 0.29) is 4.65 Å². The van der Waals surface area contributed by atoms with E-state index in [9.17, 15) is 10.0 Å². The molecule has 0 aromatic carbocycles. The van der Waals surface area contributed by atoms with E-state index in [1.54, 1.807) is 0 Å². The van der Waals surface area contributed by atoms with Crippen molar-refractivity contribution >= 4 is 11.8 Å². The molecule has 0 fully saturated rings. The molecule has 5 nitrogen and oxygen atoms in total. The predicted octanol–water partition coefficient (Wildman–Crippen LogP) is 7.29. The van der Waals surface area contributed by atoms with E-state index in [2.05, 4.69) is 17.1 Å². The Bertz CT molecular complexity index is 519. The molecule has 180 valence electrons. The van der Waals surface area contributed by atoms with Crippen LogP contribution in [-0.2, 0) is 4.79 Å². The Kier molecular flexibility index (Phi) is 16.5. The van der Waals surface area contributed by atoms with E-state index in [1.165, 1.54) is 83.5 Å². The quantitative estimate of drug-likeness (QED) is 0.112. The van der Waals surface area contributed by atoms with Gasteiger partial charge in [-0.25, -0.2) is 10.2 Å². The van der Waals surface area contributed by atoms with Crippen LogP contribution in [-0.4, -0.2) is 46.4 Å². The highest BCUT2D eigenvalue weighted by molar-refractivity contribution is 5.76. The zero-order valence-corrected chi connectivity index (χ0v) is 20.2. The van der Waals surface area contributed by atoms with Crippen molar-refractivity contribution in [1.82, 2.24) is 0 Å². The van der Waals surface area contributed by atoms with Crippen molar-refractivity contribution in [3.05, 3.63) is 12.2 Å². The molecule has 0 amide bonds. The number of amidine groups is 1. The first-order chi connectivity index (χ1) is 15.1. The number of hydrogen-bond donors (Lipinski definition) is 2. The Balaban J connectivity index is 1.77. The van der Waals surface area contributed by atoms with Crippen LogP contribution in [0.15, 0.2) is 17.1 Å². The van der Waals surface area contributed by atoms with Crippen LogP contribution in [0.4, 0.5) is 0 Å². The third kappa shape index (κ3) is 14.5. The molecular formula is C26H49N2O3+. The fraction of sp³-hybridized carbons (Fsp3) is 0.846. The average molecular weight is 438 g/mol. The van der Waals surface area contributed by atoms with Crippen LogP contribution >= 0.6 is 0 Å². The molecule has 0 radical (unpaired) electrons. The van der Waals surface area contributed by atoms with E-state index in [1.807, 2.05) is 6.92 Å². The normalized spacial score (nSPS) is 18.7. The van der Waals surface area contributed by atoms with Gasteiger partial charge in [0, 0.05) is 12.8 Å². The average Bonchev–Trinajstić information content (AvgIpc) is 3.13. The number of rotatable bonds is 21. The van der Waals surface area contributed by atoms with Gasteiger partial charge in [0.2, 0.25) is 5.84 Å². The molecule has 1 aliphatic heterocycles. The predicted molar refractivity (Wildman–Crippen MR) is 130 cm³/mol. The third-order valence-electron chi connectivity index (χ3n) is 6.47. The summed E-state index contributed by atoms with van der Waals surface area (Å²) in [5.41, 5.74) is 0. The molecule has 1 atom stereocenters. The van der Waals surface area contributed by atoms with Crippen molar-refractivity contribution in [2.75, 3.05) is 19.6 Å². The van der Waals surface area contributed by atoms with Gasteiger partial charge in [-0.05, 0) is 45.4 Å². The number of nitrogens with zero attached hydrogens (tertiary/aromatic N) is 2. The molecule has 31 heavy (non-hydrogen) atoms. The lowest BCUT2D eigenvalue weighted by molar-refractivity contribution is -1.03. The number of aliphatic imine (C=N–C) groups is 1. The first kappa shape index (κ1) is 27.8. The summed E-state index contributed by atoms with van der Waals surface area (Å²) < 4.78 is 0.0858. The van der Waals surface area contributed by atoms with Crippen molar-refractivity contribution in [1.29, 1.82) is 0 Å². The third-order valence-corrected chi connectivity index (χ3v) is 6.47. The number of likely N-dealkylation sites (N-methyl/N-ethyl adjacent to an activating group) is 1. The van der Waals surface area contributed by atoms with Crippen LogP contribution in [0.2, 0.25) is 0 Å². The highest BCUT2D eigenvalue weighted by Crippen LogP contribution is 2.17. The van der Waals surface area contributed by atoms with Crippen LogP contribution in [0.25, 0.3) is 0 Å². The lowest BCUT2D eigenvalue weighted by Crippen LogP contribution is -2.47. The van der Waals surface area contributed by atoms with Gasteiger partial charge in [0.15, 0.2) is 0 Å². The second kappa shape index (κ2) is 18.4. The maximum Gasteiger partial charge on any atom is 0.303 e.